The summed E-state index contributed by atoms with van der Waals surface area (Å²) < 4.78 is 16.6. The maximum Gasteiger partial charge on any atom is 0.234 e. The van der Waals surface area contributed by atoms with Crippen LogP contribution in [0.3, 0.4) is 0 Å². The number of hydrogen-bond acceptors (Lipinski definition) is 6. The molecule has 1 saturated heterocycles. The molecule has 0 spiro atoms. The van der Waals surface area contributed by atoms with Crippen molar-refractivity contribution >= 4 is 0 Å². The molecule has 3 heterocycles. The highest BCUT2D eigenvalue weighted by Crippen LogP contribution is 2.37. The van der Waals surface area contributed by atoms with Crippen LogP contribution in [0.25, 0.3) is 0 Å². The number of nitrogens with zero attached hydrogens (tertiary/aromatic N) is 2. The minimum atomic E-state index is 0.0198. The standard InChI is InChI=1S/C15H17N3O3/c1-2-4-13-10(3-1)11(5-7-20-13)15-17-14(18-21-15)12-9-19-8-6-16-12/h1-4,11-12,16H,5-9H2. The summed E-state index contributed by atoms with van der Waals surface area (Å²) >= 11 is 0. The second-order valence-corrected chi connectivity index (χ2v) is 5.30. The summed E-state index contributed by atoms with van der Waals surface area (Å²) in [5.41, 5.74) is 1.12. The molecule has 6 nitrogen and oxygen atoms in total. The molecule has 21 heavy (non-hydrogen) atoms. The molecule has 1 fully saturated rings. The monoisotopic (exact) mass is 287 g/mol. The number of nitrogens with one attached hydrogen (secondary N) is 1. The lowest BCUT2D eigenvalue weighted by molar-refractivity contribution is 0.0734. The van der Waals surface area contributed by atoms with Crippen LogP contribution in [-0.4, -0.2) is 36.5 Å². The zero-order valence-electron chi connectivity index (χ0n) is 11.6. The van der Waals surface area contributed by atoms with E-state index >= 15 is 0 Å². The molecule has 1 aromatic carbocycles. The van der Waals surface area contributed by atoms with E-state index in [0.717, 1.165) is 30.9 Å². The first kappa shape index (κ1) is 12.8. The number of benzene rings is 1. The van der Waals surface area contributed by atoms with E-state index in [1.165, 1.54) is 0 Å². The van der Waals surface area contributed by atoms with Gasteiger partial charge in [-0.3, -0.25) is 0 Å². The summed E-state index contributed by atoms with van der Waals surface area (Å²) in [6, 6.07) is 8.05. The van der Waals surface area contributed by atoms with Crippen molar-refractivity contribution in [3.63, 3.8) is 0 Å². The van der Waals surface area contributed by atoms with Crippen molar-refractivity contribution in [2.75, 3.05) is 26.4 Å². The van der Waals surface area contributed by atoms with Crippen molar-refractivity contribution in [3.05, 3.63) is 41.5 Å². The molecular formula is C15H17N3O3. The molecule has 4 rings (SSSR count). The normalized spacial score (nSPS) is 25.1. The average Bonchev–Trinajstić information content (AvgIpc) is 3.05. The van der Waals surface area contributed by atoms with E-state index < -0.39 is 0 Å². The van der Waals surface area contributed by atoms with Gasteiger partial charge in [0.15, 0.2) is 5.82 Å². The smallest absolute Gasteiger partial charge is 0.234 e. The zero-order chi connectivity index (χ0) is 14.1. The van der Waals surface area contributed by atoms with Gasteiger partial charge in [0.05, 0.1) is 31.8 Å². The molecule has 6 heteroatoms. The van der Waals surface area contributed by atoms with E-state index in [4.69, 9.17) is 14.0 Å². The van der Waals surface area contributed by atoms with Gasteiger partial charge >= 0.3 is 0 Å². The fraction of sp³-hybridized carbons (Fsp3) is 0.467. The molecule has 0 aliphatic carbocycles. The largest absolute Gasteiger partial charge is 0.493 e. The Hall–Kier alpha value is -1.92. The first-order valence-electron chi connectivity index (χ1n) is 7.28. The SMILES string of the molecule is c1ccc2c(c1)OCCC2c1nc(C2COCCN2)no1. The molecule has 0 amide bonds. The second kappa shape index (κ2) is 5.46. The lowest BCUT2D eigenvalue weighted by atomic mass is 9.93. The fourth-order valence-corrected chi connectivity index (χ4v) is 2.86. The number of hydrogen-bond donors (Lipinski definition) is 1. The number of fused-ring (bicyclic) bond motifs is 1. The molecule has 110 valence electrons. The molecule has 0 bridgehead atoms. The third kappa shape index (κ3) is 2.41. The van der Waals surface area contributed by atoms with Gasteiger partial charge in [0.25, 0.3) is 0 Å². The molecular weight excluding hydrogens is 270 g/mol. The Morgan fingerprint density at radius 3 is 3.05 bits per heavy atom. The van der Waals surface area contributed by atoms with Crippen molar-refractivity contribution in [1.82, 2.24) is 15.5 Å². The highest BCUT2D eigenvalue weighted by atomic mass is 16.5. The summed E-state index contributed by atoms with van der Waals surface area (Å²) in [6.45, 7) is 2.80. The summed E-state index contributed by atoms with van der Waals surface area (Å²) in [5, 5.41) is 7.45. The van der Waals surface area contributed by atoms with Crippen LogP contribution in [-0.2, 0) is 4.74 Å². The highest BCUT2D eigenvalue weighted by molar-refractivity contribution is 5.40. The Bertz CT molecular complexity index is 622. The molecule has 2 aromatic rings. The van der Waals surface area contributed by atoms with Gasteiger partial charge in [0.2, 0.25) is 5.89 Å². The molecule has 2 aliphatic heterocycles. The van der Waals surface area contributed by atoms with Crippen LogP contribution in [0.15, 0.2) is 28.8 Å². The van der Waals surface area contributed by atoms with Crippen molar-refractivity contribution in [2.45, 2.75) is 18.4 Å². The average molecular weight is 287 g/mol. The Labute approximate surface area is 122 Å². The van der Waals surface area contributed by atoms with Gasteiger partial charge in [0.1, 0.15) is 5.75 Å². The van der Waals surface area contributed by atoms with E-state index in [2.05, 4.69) is 21.5 Å². The lowest BCUT2D eigenvalue weighted by Gasteiger charge is -2.23. The Kier molecular flexibility index (Phi) is 3.33. The first-order valence-corrected chi connectivity index (χ1v) is 7.28. The zero-order valence-corrected chi connectivity index (χ0v) is 11.6. The summed E-state index contributed by atoms with van der Waals surface area (Å²) in [6.07, 6.45) is 0.854. The highest BCUT2D eigenvalue weighted by Gasteiger charge is 2.29. The molecule has 2 aliphatic rings. The number of morpholine rings is 1. The topological polar surface area (TPSA) is 69.4 Å². The van der Waals surface area contributed by atoms with Crippen LogP contribution in [0.4, 0.5) is 0 Å². The van der Waals surface area contributed by atoms with Gasteiger partial charge in [-0.05, 0) is 12.5 Å². The van der Waals surface area contributed by atoms with Crippen molar-refractivity contribution in [2.24, 2.45) is 0 Å². The van der Waals surface area contributed by atoms with Crippen molar-refractivity contribution in [3.8, 4) is 5.75 Å². The minimum absolute atomic E-state index is 0.0198. The molecule has 2 unspecified atom stereocenters. The van der Waals surface area contributed by atoms with Crippen molar-refractivity contribution in [1.29, 1.82) is 0 Å². The van der Waals surface area contributed by atoms with E-state index in [0.29, 0.717) is 24.9 Å². The number of ether oxygens (including phenoxy) is 2. The van der Waals surface area contributed by atoms with Gasteiger partial charge < -0.3 is 19.3 Å². The van der Waals surface area contributed by atoms with Gasteiger partial charge in [-0.25, -0.2) is 0 Å². The maximum atomic E-state index is 5.68. The minimum Gasteiger partial charge on any atom is -0.493 e. The van der Waals surface area contributed by atoms with E-state index in [-0.39, 0.29) is 12.0 Å². The maximum absolute atomic E-state index is 5.68. The van der Waals surface area contributed by atoms with Gasteiger partial charge in [-0.1, -0.05) is 23.4 Å². The summed E-state index contributed by atoms with van der Waals surface area (Å²) in [5.74, 6) is 2.36. The van der Waals surface area contributed by atoms with Crippen LogP contribution in [0, 0.1) is 0 Å². The van der Waals surface area contributed by atoms with Gasteiger partial charge in [0, 0.05) is 12.1 Å². The van der Waals surface area contributed by atoms with Crippen LogP contribution in [0.1, 0.15) is 35.7 Å². The Morgan fingerprint density at radius 1 is 1.19 bits per heavy atom. The first-order chi connectivity index (χ1) is 10.4. The Morgan fingerprint density at radius 2 is 2.14 bits per heavy atom. The van der Waals surface area contributed by atoms with Crippen LogP contribution < -0.4 is 10.1 Å². The molecule has 1 aromatic heterocycles. The quantitative estimate of drug-likeness (QED) is 0.905. The number of rotatable bonds is 2. The Balaban J connectivity index is 1.61. The molecule has 1 N–H and O–H groups in total. The van der Waals surface area contributed by atoms with E-state index in [1.807, 2.05) is 18.2 Å². The third-order valence-electron chi connectivity index (χ3n) is 3.95. The number of para-hydroxylation sites is 1. The third-order valence-corrected chi connectivity index (χ3v) is 3.95. The van der Waals surface area contributed by atoms with Crippen LogP contribution in [0.2, 0.25) is 0 Å². The predicted molar refractivity (Wildman–Crippen MR) is 74.3 cm³/mol. The molecule has 0 radical (unpaired) electrons. The van der Waals surface area contributed by atoms with Gasteiger partial charge in [-0.15, -0.1) is 0 Å². The van der Waals surface area contributed by atoms with E-state index in [9.17, 15) is 0 Å². The predicted octanol–water partition coefficient (Wildman–Crippen LogP) is 1.64. The van der Waals surface area contributed by atoms with E-state index in [1.54, 1.807) is 0 Å². The molecule has 2 atom stereocenters. The summed E-state index contributed by atoms with van der Waals surface area (Å²) in [7, 11) is 0. The second-order valence-electron chi connectivity index (χ2n) is 5.30. The fourth-order valence-electron chi connectivity index (χ4n) is 2.86. The lowest BCUT2D eigenvalue weighted by Crippen LogP contribution is -2.35. The molecule has 0 saturated carbocycles. The summed E-state index contributed by atoms with van der Waals surface area (Å²) in [4.78, 5) is 4.58. The number of aromatic nitrogens is 2. The van der Waals surface area contributed by atoms with Crippen LogP contribution in [0.5, 0.6) is 5.75 Å². The van der Waals surface area contributed by atoms with Crippen LogP contribution >= 0.6 is 0 Å². The van der Waals surface area contributed by atoms with Gasteiger partial charge in [-0.2, -0.15) is 4.98 Å². The van der Waals surface area contributed by atoms with Crippen molar-refractivity contribution < 1.29 is 14.0 Å².